The number of rotatable bonds is 3. The number of nitrogens with zero attached hydrogens (tertiary/aromatic N) is 6. The van der Waals surface area contributed by atoms with Crippen LogP contribution in [-0.2, 0) is 7.05 Å². The van der Waals surface area contributed by atoms with Crippen LogP contribution in [0.15, 0.2) is 49.1 Å². The molecule has 1 N–H and O–H groups in total. The predicted molar refractivity (Wildman–Crippen MR) is 120 cm³/mol. The molecule has 8 nitrogen and oxygen atoms in total. The number of carbonyl (C=O) groups is 1. The average Bonchev–Trinajstić information content (AvgIpc) is 3.25. The number of fused-ring (bicyclic) bond motifs is 2. The lowest BCUT2D eigenvalue weighted by atomic mass is 10.2. The highest BCUT2D eigenvalue weighted by Gasteiger charge is 2.19. The molecule has 1 aromatic carbocycles. The Kier molecular flexibility index (Phi) is 4.28. The zero-order valence-corrected chi connectivity index (χ0v) is 17.7. The van der Waals surface area contributed by atoms with E-state index in [0.29, 0.717) is 11.4 Å². The van der Waals surface area contributed by atoms with E-state index in [9.17, 15) is 4.79 Å². The van der Waals surface area contributed by atoms with Crippen molar-refractivity contribution in [1.82, 2.24) is 29.3 Å². The number of hydrogen-bond acceptors (Lipinski definition) is 5. The minimum absolute atomic E-state index is 0.279. The fraction of sp³-hybridized carbons (Fsp3) is 0.174. The first-order valence-electron chi connectivity index (χ1n) is 9.93. The van der Waals surface area contributed by atoms with Crippen LogP contribution in [-0.4, -0.2) is 35.2 Å². The number of aryl methyl sites for hydroxylation is 3. The Morgan fingerprint density at radius 1 is 1.00 bits per heavy atom. The first-order valence-corrected chi connectivity index (χ1v) is 9.93. The summed E-state index contributed by atoms with van der Waals surface area (Å²) in [6.45, 7) is 6.13. The maximum atomic E-state index is 13.0. The molecule has 0 atom stereocenters. The van der Waals surface area contributed by atoms with Crippen molar-refractivity contribution in [3.63, 3.8) is 0 Å². The summed E-state index contributed by atoms with van der Waals surface area (Å²) in [5, 5.41) is 8.76. The number of amides is 1. The number of anilines is 1. The van der Waals surface area contributed by atoms with Gasteiger partial charge in [-0.25, -0.2) is 15.0 Å². The van der Waals surface area contributed by atoms with Crippen molar-refractivity contribution in [2.24, 2.45) is 7.05 Å². The van der Waals surface area contributed by atoms with Gasteiger partial charge in [0.25, 0.3) is 5.91 Å². The third-order valence-corrected chi connectivity index (χ3v) is 5.62. The molecule has 8 heteroatoms. The second-order valence-corrected chi connectivity index (χ2v) is 7.66. The summed E-state index contributed by atoms with van der Waals surface area (Å²) in [4.78, 5) is 26.2. The molecule has 0 aliphatic carbocycles. The van der Waals surface area contributed by atoms with Crippen LogP contribution in [0.1, 0.15) is 27.2 Å². The van der Waals surface area contributed by atoms with Crippen molar-refractivity contribution in [3.8, 4) is 5.69 Å². The highest BCUT2D eigenvalue weighted by molar-refractivity contribution is 6.09. The monoisotopic (exact) mass is 411 g/mol. The molecule has 0 bridgehead atoms. The summed E-state index contributed by atoms with van der Waals surface area (Å²) in [5.74, 6) is 0.201. The van der Waals surface area contributed by atoms with Crippen LogP contribution in [0, 0.1) is 20.8 Å². The van der Waals surface area contributed by atoms with Crippen molar-refractivity contribution in [3.05, 3.63) is 71.4 Å². The lowest BCUT2D eigenvalue weighted by Gasteiger charge is -2.09. The molecule has 0 fully saturated rings. The van der Waals surface area contributed by atoms with Gasteiger partial charge >= 0.3 is 0 Å². The predicted octanol–water partition coefficient (Wildman–Crippen LogP) is 3.88. The lowest BCUT2D eigenvalue weighted by Crippen LogP contribution is -2.14. The quantitative estimate of drug-likeness (QED) is 0.487. The van der Waals surface area contributed by atoms with Gasteiger partial charge in [0.1, 0.15) is 12.1 Å². The van der Waals surface area contributed by atoms with Crippen molar-refractivity contribution < 1.29 is 4.79 Å². The van der Waals surface area contributed by atoms with Gasteiger partial charge in [-0.15, -0.1) is 0 Å². The van der Waals surface area contributed by atoms with Crippen LogP contribution in [0.4, 0.5) is 5.82 Å². The number of hydrogen-bond donors (Lipinski definition) is 1. The molecule has 1 amide bonds. The van der Waals surface area contributed by atoms with Crippen LogP contribution in [0.25, 0.3) is 27.8 Å². The SMILES string of the molecule is Cc1cccc(-n2c(C)c(C)c3c(NC(=O)c4cnc5c(cnn5C)c4)ncnc32)c1. The molecular weight excluding hydrogens is 390 g/mol. The summed E-state index contributed by atoms with van der Waals surface area (Å²) in [7, 11) is 1.82. The van der Waals surface area contributed by atoms with Crippen LogP contribution in [0.3, 0.4) is 0 Å². The Morgan fingerprint density at radius 2 is 1.84 bits per heavy atom. The van der Waals surface area contributed by atoms with Gasteiger partial charge in [0.05, 0.1) is 17.1 Å². The normalized spacial score (nSPS) is 11.4. The van der Waals surface area contributed by atoms with E-state index in [4.69, 9.17) is 0 Å². The third-order valence-electron chi connectivity index (χ3n) is 5.62. The van der Waals surface area contributed by atoms with Gasteiger partial charge in [-0.1, -0.05) is 12.1 Å². The Balaban J connectivity index is 1.59. The van der Waals surface area contributed by atoms with Crippen LogP contribution in [0.2, 0.25) is 0 Å². The Bertz CT molecular complexity index is 1480. The van der Waals surface area contributed by atoms with Crippen LogP contribution < -0.4 is 5.32 Å². The Morgan fingerprint density at radius 3 is 2.65 bits per heavy atom. The van der Waals surface area contributed by atoms with Gasteiger partial charge < -0.3 is 5.32 Å². The van der Waals surface area contributed by atoms with Gasteiger partial charge in [-0.2, -0.15) is 5.10 Å². The molecule has 0 aliphatic heterocycles. The number of carbonyl (C=O) groups excluding carboxylic acids is 1. The maximum Gasteiger partial charge on any atom is 0.258 e. The van der Waals surface area contributed by atoms with Gasteiger partial charge in [-0.05, 0) is 50.1 Å². The van der Waals surface area contributed by atoms with Gasteiger partial charge in [-0.3, -0.25) is 14.0 Å². The molecule has 5 rings (SSSR count). The molecule has 0 saturated heterocycles. The fourth-order valence-electron chi connectivity index (χ4n) is 3.92. The molecule has 154 valence electrons. The third kappa shape index (κ3) is 3.04. The molecule has 0 saturated carbocycles. The van der Waals surface area contributed by atoms with E-state index in [0.717, 1.165) is 44.6 Å². The number of benzene rings is 1. The van der Waals surface area contributed by atoms with E-state index in [1.165, 1.54) is 6.33 Å². The molecule has 5 aromatic rings. The molecule has 0 radical (unpaired) electrons. The van der Waals surface area contributed by atoms with E-state index >= 15 is 0 Å². The number of aromatic nitrogens is 6. The summed E-state index contributed by atoms with van der Waals surface area (Å²) in [6.07, 6.45) is 4.72. The van der Waals surface area contributed by atoms with Gasteiger partial charge in [0.15, 0.2) is 11.3 Å². The summed E-state index contributed by atoms with van der Waals surface area (Å²) < 4.78 is 3.77. The maximum absolute atomic E-state index is 13.0. The van der Waals surface area contributed by atoms with Crippen molar-refractivity contribution in [2.45, 2.75) is 20.8 Å². The standard InChI is InChI=1S/C23H21N7O/c1-13-6-5-7-18(8-13)30-15(3)14(2)19-20(25-12-26-22(19)30)28-23(31)17-9-16-11-27-29(4)21(16)24-10-17/h5-12H,1-4H3,(H,25,26,28,31). The Labute approximate surface area is 178 Å². The highest BCUT2D eigenvalue weighted by atomic mass is 16.1. The van der Waals surface area contributed by atoms with E-state index in [1.54, 1.807) is 23.1 Å². The summed E-state index contributed by atoms with van der Waals surface area (Å²) in [5.41, 5.74) is 6.19. The van der Waals surface area contributed by atoms with Gasteiger partial charge in [0.2, 0.25) is 0 Å². The van der Waals surface area contributed by atoms with Gasteiger partial charge in [0, 0.05) is 30.0 Å². The van der Waals surface area contributed by atoms with Crippen LogP contribution >= 0.6 is 0 Å². The minimum Gasteiger partial charge on any atom is -0.306 e. The first kappa shape index (κ1) is 18.9. The second kappa shape index (κ2) is 7.02. The average molecular weight is 411 g/mol. The van der Waals surface area contributed by atoms with E-state index in [2.05, 4.69) is 49.0 Å². The van der Waals surface area contributed by atoms with Crippen molar-refractivity contribution in [1.29, 1.82) is 0 Å². The zero-order valence-electron chi connectivity index (χ0n) is 17.7. The summed E-state index contributed by atoms with van der Waals surface area (Å²) >= 11 is 0. The fourth-order valence-corrected chi connectivity index (χ4v) is 3.92. The second-order valence-electron chi connectivity index (χ2n) is 7.66. The molecule has 31 heavy (non-hydrogen) atoms. The largest absolute Gasteiger partial charge is 0.306 e. The van der Waals surface area contributed by atoms with E-state index in [-0.39, 0.29) is 5.91 Å². The van der Waals surface area contributed by atoms with Crippen molar-refractivity contribution >= 4 is 33.8 Å². The molecular formula is C23H21N7O. The van der Waals surface area contributed by atoms with E-state index < -0.39 is 0 Å². The molecule has 4 aromatic heterocycles. The minimum atomic E-state index is -0.279. The first-order chi connectivity index (χ1) is 14.9. The molecule has 4 heterocycles. The molecule has 0 unspecified atom stereocenters. The molecule has 0 spiro atoms. The Hall–Kier alpha value is -4.07. The number of nitrogens with one attached hydrogen (secondary N) is 1. The number of pyridine rings is 1. The smallest absolute Gasteiger partial charge is 0.258 e. The molecule has 0 aliphatic rings. The zero-order chi connectivity index (χ0) is 21.7. The summed E-state index contributed by atoms with van der Waals surface area (Å²) in [6, 6.07) is 10.0. The topological polar surface area (TPSA) is 90.5 Å². The highest BCUT2D eigenvalue weighted by Crippen LogP contribution is 2.31. The van der Waals surface area contributed by atoms with Crippen molar-refractivity contribution in [2.75, 3.05) is 5.32 Å². The lowest BCUT2D eigenvalue weighted by molar-refractivity contribution is 0.102. The van der Waals surface area contributed by atoms with E-state index in [1.807, 2.05) is 33.0 Å². The van der Waals surface area contributed by atoms with Crippen LogP contribution in [0.5, 0.6) is 0 Å².